The standard InChI is InChI=1S/C29H35NO2/c1-19(2)26(18-22-12-8-7-9-13-22)28(31)25-17-16-23-14-10-11-15-24(23)27(25)29(32)30(20(3)4)21(5)6/h7-17,19-21,26H,18H2,1-6H3/t26-/m1/s1. The van der Waals surface area contributed by atoms with Crippen molar-refractivity contribution in [1.29, 1.82) is 0 Å². The quantitative estimate of drug-likeness (QED) is 0.369. The number of fused-ring (bicyclic) bond motifs is 1. The molecule has 0 aliphatic carbocycles. The average Bonchev–Trinajstić information content (AvgIpc) is 2.76. The molecule has 1 amide bonds. The van der Waals surface area contributed by atoms with Gasteiger partial charge in [-0.15, -0.1) is 0 Å². The van der Waals surface area contributed by atoms with Gasteiger partial charge in [-0.2, -0.15) is 0 Å². The van der Waals surface area contributed by atoms with Crippen LogP contribution in [0, 0.1) is 11.8 Å². The molecule has 3 nitrogen and oxygen atoms in total. The lowest BCUT2D eigenvalue weighted by Gasteiger charge is -2.32. The third kappa shape index (κ3) is 4.93. The van der Waals surface area contributed by atoms with E-state index in [2.05, 4.69) is 26.0 Å². The lowest BCUT2D eigenvalue weighted by atomic mass is 9.81. The summed E-state index contributed by atoms with van der Waals surface area (Å²) < 4.78 is 0. The molecule has 3 aromatic rings. The summed E-state index contributed by atoms with van der Waals surface area (Å²) in [4.78, 5) is 29.7. The highest BCUT2D eigenvalue weighted by atomic mass is 16.2. The predicted octanol–water partition coefficient (Wildman–Crippen LogP) is 6.80. The minimum Gasteiger partial charge on any atom is -0.334 e. The van der Waals surface area contributed by atoms with E-state index in [9.17, 15) is 9.59 Å². The second-order valence-electron chi connectivity index (χ2n) is 9.51. The first kappa shape index (κ1) is 23.7. The molecular formula is C29H35NO2. The zero-order valence-electron chi connectivity index (χ0n) is 20.1. The Morgan fingerprint density at radius 3 is 1.94 bits per heavy atom. The van der Waals surface area contributed by atoms with Crippen molar-refractivity contribution in [3.8, 4) is 0 Å². The number of amides is 1. The predicted molar refractivity (Wildman–Crippen MR) is 133 cm³/mol. The van der Waals surface area contributed by atoms with Crippen molar-refractivity contribution in [2.45, 2.75) is 60.0 Å². The summed E-state index contributed by atoms with van der Waals surface area (Å²) in [6.45, 7) is 12.3. The lowest BCUT2D eigenvalue weighted by molar-refractivity contribution is 0.0639. The fourth-order valence-corrected chi connectivity index (χ4v) is 4.60. The number of rotatable bonds is 8. The fraction of sp³-hybridized carbons (Fsp3) is 0.379. The summed E-state index contributed by atoms with van der Waals surface area (Å²) in [6, 6.07) is 21.9. The monoisotopic (exact) mass is 429 g/mol. The number of benzene rings is 3. The number of carbonyl (C=O) groups is 2. The molecule has 168 valence electrons. The van der Waals surface area contributed by atoms with Crippen LogP contribution in [-0.4, -0.2) is 28.7 Å². The van der Waals surface area contributed by atoms with E-state index in [1.807, 2.05) is 87.2 Å². The largest absolute Gasteiger partial charge is 0.334 e. The van der Waals surface area contributed by atoms with Crippen LogP contribution in [0.3, 0.4) is 0 Å². The SMILES string of the molecule is CC(C)[C@@H](Cc1ccccc1)C(=O)c1ccc2ccccc2c1C(=O)N(C(C)C)C(C)C. The minimum absolute atomic E-state index is 0.0367. The zero-order valence-corrected chi connectivity index (χ0v) is 20.1. The normalized spacial score (nSPS) is 12.5. The van der Waals surface area contributed by atoms with Crippen molar-refractivity contribution in [2.24, 2.45) is 11.8 Å². The maximum absolute atomic E-state index is 14.0. The Morgan fingerprint density at radius 2 is 1.34 bits per heavy atom. The Morgan fingerprint density at radius 1 is 0.750 bits per heavy atom. The van der Waals surface area contributed by atoms with Gasteiger partial charge in [0.15, 0.2) is 5.78 Å². The molecule has 0 spiro atoms. The molecule has 3 heteroatoms. The molecule has 3 rings (SSSR count). The molecule has 0 fully saturated rings. The Labute approximate surface area is 192 Å². The number of nitrogens with zero attached hydrogens (tertiary/aromatic N) is 1. The van der Waals surface area contributed by atoms with Gasteiger partial charge in [0.25, 0.3) is 5.91 Å². The lowest BCUT2D eigenvalue weighted by Crippen LogP contribution is -2.43. The second kappa shape index (κ2) is 10.1. The fourth-order valence-electron chi connectivity index (χ4n) is 4.60. The number of ketones is 1. The molecular weight excluding hydrogens is 394 g/mol. The summed E-state index contributed by atoms with van der Waals surface area (Å²) in [7, 11) is 0. The highest BCUT2D eigenvalue weighted by molar-refractivity contribution is 6.16. The molecule has 1 atom stereocenters. The van der Waals surface area contributed by atoms with Crippen LogP contribution >= 0.6 is 0 Å². The first-order valence-corrected chi connectivity index (χ1v) is 11.6. The van der Waals surface area contributed by atoms with Crippen LogP contribution in [0.15, 0.2) is 66.7 Å². The van der Waals surface area contributed by atoms with Crippen LogP contribution in [0.1, 0.15) is 67.8 Å². The number of Topliss-reactive ketones (excluding diaryl/α,β-unsaturated/α-hetero) is 1. The minimum atomic E-state index is -0.198. The highest BCUT2D eigenvalue weighted by Gasteiger charge is 2.31. The Balaban J connectivity index is 2.15. The summed E-state index contributed by atoms with van der Waals surface area (Å²) in [5.41, 5.74) is 2.21. The van der Waals surface area contributed by atoms with E-state index in [0.29, 0.717) is 17.5 Å². The molecule has 0 saturated heterocycles. The van der Waals surface area contributed by atoms with Crippen LogP contribution in [0.5, 0.6) is 0 Å². The van der Waals surface area contributed by atoms with E-state index in [0.717, 1.165) is 16.3 Å². The van der Waals surface area contributed by atoms with E-state index < -0.39 is 0 Å². The molecule has 0 saturated carbocycles. The Kier molecular flexibility index (Phi) is 7.50. The molecule has 0 heterocycles. The third-order valence-electron chi connectivity index (χ3n) is 6.20. The van der Waals surface area contributed by atoms with Crippen molar-refractivity contribution < 1.29 is 9.59 Å². The van der Waals surface area contributed by atoms with Crippen molar-refractivity contribution in [1.82, 2.24) is 4.90 Å². The van der Waals surface area contributed by atoms with Gasteiger partial charge in [0.2, 0.25) is 0 Å². The van der Waals surface area contributed by atoms with Gasteiger partial charge in [-0.05, 0) is 62.4 Å². The molecule has 0 aromatic heterocycles. The smallest absolute Gasteiger partial charge is 0.255 e. The van der Waals surface area contributed by atoms with Gasteiger partial charge in [-0.1, -0.05) is 74.5 Å². The van der Waals surface area contributed by atoms with Crippen LogP contribution in [0.25, 0.3) is 10.8 Å². The van der Waals surface area contributed by atoms with Crippen LogP contribution in [0.4, 0.5) is 0 Å². The summed E-state index contributed by atoms with van der Waals surface area (Å²) in [6.07, 6.45) is 0.663. The maximum Gasteiger partial charge on any atom is 0.255 e. The maximum atomic E-state index is 14.0. The van der Waals surface area contributed by atoms with Gasteiger partial charge >= 0.3 is 0 Å². The van der Waals surface area contributed by atoms with Gasteiger partial charge < -0.3 is 4.90 Å². The van der Waals surface area contributed by atoms with E-state index >= 15 is 0 Å². The second-order valence-corrected chi connectivity index (χ2v) is 9.51. The van der Waals surface area contributed by atoms with E-state index in [1.165, 1.54) is 0 Å². The average molecular weight is 430 g/mol. The van der Waals surface area contributed by atoms with Gasteiger partial charge in [-0.25, -0.2) is 0 Å². The molecule has 0 aliphatic heterocycles. The summed E-state index contributed by atoms with van der Waals surface area (Å²) in [5, 5.41) is 1.82. The number of carbonyl (C=O) groups excluding carboxylic acids is 2. The first-order valence-electron chi connectivity index (χ1n) is 11.6. The summed E-state index contributed by atoms with van der Waals surface area (Å²) in [5.74, 6) is -0.0668. The van der Waals surface area contributed by atoms with Crippen molar-refractivity contribution in [3.63, 3.8) is 0 Å². The molecule has 0 N–H and O–H groups in total. The van der Waals surface area contributed by atoms with Gasteiger partial charge in [0.1, 0.15) is 0 Å². The van der Waals surface area contributed by atoms with Crippen molar-refractivity contribution >= 4 is 22.5 Å². The molecule has 0 radical (unpaired) electrons. The molecule has 3 aromatic carbocycles. The Bertz CT molecular complexity index is 1070. The molecule has 0 aliphatic rings. The van der Waals surface area contributed by atoms with Crippen LogP contribution < -0.4 is 0 Å². The van der Waals surface area contributed by atoms with E-state index in [-0.39, 0.29) is 35.6 Å². The van der Waals surface area contributed by atoms with Gasteiger partial charge in [-0.3, -0.25) is 9.59 Å². The highest BCUT2D eigenvalue weighted by Crippen LogP contribution is 2.30. The molecule has 32 heavy (non-hydrogen) atoms. The Hall–Kier alpha value is -2.94. The van der Waals surface area contributed by atoms with Crippen LogP contribution in [-0.2, 0) is 6.42 Å². The van der Waals surface area contributed by atoms with Gasteiger partial charge in [0, 0.05) is 23.6 Å². The topological polar surface area (TPSA) is 37.4 Å². The van der Waals surface area contributed by atoms with Gasteiger partial charge in [0.05, 0.1) is 5.56 Å². The first-order chi connectivity index (χ1) is 15.2. The number of hydrogen-bond acceptors (Lipinski definition) is 2. The van der Waals surface area contributed by atoms with Crippen molar-refractivity contribution in [2.75, 3.05) is 0 Å². The van der Waals surface area contributed by atoms with Crippen molar-refractivity contribution in [3.05, 3.63) is 83.4 Å². The van der Waals surface area contributed by atoms with Crippen LogP contribution in [0.2, 0.25) is 0 Å². The molecule has 0 unspecified atom stereocenters. The third-order valence-corrected chi connectivity index (χ3v) is 6.20. The van der Waals surface area contributed by atoms with E-state index in [1.54, 1.807) is 0 Å². The summed E-state index contributed by atoms with van der Waals surface area (Å²) >= 11 is 0. The molecule has 0 bridgehead atoms. The van der Waals surface area contributed by atoms with E-state index in [4.69, 9.17) is 0 Å². The number of hydrogen-bond donors (Lipinski definition) is 0. The zero-order chi connectivity index (χ0) is 23.4.